The van der Waals surface area contributed by atoms with E-state index in [-0.39, 0.29) is 12.5 Å². The lowest BCUT2D eigenvalue weighted by Crippen LogP contribution is -2.43. The number of rotatable bonds is 7. The van der Waals surface area contributed by atoms with Crippen LogP contribution in [0.5, 0.6) is 0 Å². The SMILES string of the molecule is CCC(C)C1CCC1C(O)C(C)COC(=O)c1ccccc1N. The third-order valence-electron chi connectivity index (χ3n) is 5.44. The molecule has 0 amide bonds. The van der Waals surface area contributed by atoms with Gasteiger partial charge in [-0.25, -0.2) is 4.79 Å². The second-order valence-electron chi connectivity index (χ2n) is 6.94. The van der Waals surface area contributed by atoms with Crippen LogP contribution in [-0.4, -0.2) is 23.8 Å². The van der Waals surface area contributed by atoms with E-state index in [0.29, 0.717) is 29.0 Å². The van der Waals surface area contributed by atoms with Gasteiger partial charge in [-0.3, -0.25) is 0 Å². The van der Waals surface area contributed by atoms with E-state index < -0.39 is 12.1 Å². The van der Waals surface area contributed by atoms with Gasteiger partial charge in [-0.05, 0) is 42.7 Å². The molecule has 23 heavy (non-hydrogen) atoms. The smallest absolute Gasteiger partial charge is 0.340 e. The van der Waals surface area contributed by atoms with Gasteiger partial charge in [0.1, 0.15) is 0 Å². The molecule has 0 aromatic heterocycles. The zero-order valence-electron chi connectivity index (χ0n) is 14.4. The Morgan fingerprint density at radius 3 is 2.52 bits per heavy atom. The number of nitrogens with two attached hydrogens (primary N) is 1. The number of anilines is 1. The van der Waals surface area contributed by atoms with Gasteiger partial charge in [0, 0.05) is 11.6 Å². The van der Waals surface area contributed by atoms with Crippen LogP contribution in [0.3, 0.4) is 0 Å². The minimum atomic E-state index is -0.422. The molecule has 1 aromatic rings. The summed E-state index contributed by atoms with van der Waals surface area (Å²) in [5, 5.41) is 10.6. The first-order chi connectivity index (χ1) is 11.0. The van der Waals surface area contributed by atoms with Crippen molar-refractivity contribution >= 4 is 11.7 Å². The number of aliphatic hydroxyl groups is 1. The highest BCUT2D eigenvalue weighted by Gasteiger charge is 2.40. The zero-order valence-corrected chi connectivity index (χ0v) is 14.4. The standard InChI is InChI=1S/C19H29NO3/c1-4-12(2)14-9-10-15(14)18(21)13(3)11-23-19(22)16-7-5-6-8-17(16)20/h5-8,12-15,18,21H,4,9-11,20H2,1-3H3. The summed E-state index contributed by atoms with van der Waals surface area (Å²) in [7, 11) is 0. The van der Waals surface area contributed by atoms with E-state index in [1.54, 1.807) is 24.3 Å². The Labute approximate surface area is 139 Å². The number of ether oxygens (including phenoxy) is 1. The van der Waals surface area contributed by atoms with Crippen LogP contribution in [0.25, 0.3) is 0 Å². The summed E-state index contributed by atoms with van der Waals surface area (Å²) < 4.78 is 5.35. The first-order valence-corrected chi connectivity index (χ1v) is 8.65. The lowest BCUT2D eigenvalue weighted by Gasteiger charge is -2.44. The number of aliphatic hydroxyl groups excluding tert-OH is 1. The first kappa shape index (κ1) is 17.8. The topological polar surface area (TPSA) is 72.5 Å². The second kappa shape index (κ2) is 7.82. The van der Waals surface area contributed by atoms with Gasteiger partial charge >= 0.3 is 5.97 Å². The molecule has 0 radical (unpaired) electrons. The third-order valence-corrected chi connectivity index (χ3v) is 5.44. The fourth-order valence-electron chi connectivity index (χ4n) is 3.47. The van der Waals surface area contributed by atoms with Crippen molar-refractivity contribution in [2.75, 3.05) is 12.3 Å². The first-order valence-electron chi connectivity index (χ1n) is 8.65. The normalized spacial score (nSPS) is 24.3. The highest BCUT2D eigenvalue weighted by molar-refractivity contribution is 5.94. The van der Waals surface area contributed by atoms with E-state index in [1.165, 1.54) is 6.42 Å². The summed E-state index contributed by atoms with van der Waals surface area (Å²) in [6.45, 7) is 6.62. The average molecular weight is 319 g/mol. The molecule has 2 rings (SSSR count). The molecule has 0 bridgehead atoms. The van der Waals surface area contributed by atoms with Crippen molar-refractivity contribution in [3.05, 3.63) is 29.8 Å². The molecule has 1 aliphatic rings. The minimum absolute atomic E-state index is 0.0688. The number of carbonyl (C=O) groups is 1. The molecule has 4 heteroatoms. The van der Waals surface area contributed by atoms with Gasteiger partial charge in [0.25, 0.3) is 0 Å². The molecule has 128 valence electrons. The molecule has 1 fully saturated rings. The number of benzene rings is 1. The monoisotopic (exact) mass is 319 g/mol. The molecule has 3 N–H and O–H groups in total. The molecule has 5 unspecified atom stereocenters. The Balaban J connectivity index is 1.86. The predicted octanol–water partition coefficient (Wildman–Crippen LogP) is 3.49. The maximum atomic E-state index is 12.1. The number of hydrogen-bond donors (Lipinski definition) is 2. The van der Waals surface area contributed by atoms with Gasteiger partial charge in [-0.2, -0.15) is 0 Å². The fraction of sp³-hybridized carbons (Fsp3) is 0.632. The van der Waals surface area contributed by atoms with Crippen molar-refractivity contribution in [1.82, 2.24) is 0 Å². The summed E-state index contributed by atoms with van der Waals surface area (Å²) in [4.78, 5) is 12.1. The van der Waals surface area contributed by atoms with Crippen LogP contribution in [0.15, 0.2) is 24.3 Å². The molecule has 1 aliphatic carbocycles. The molecular formula is C19H29NO3. The van der Waals surface area contributed by atoms with Crippen molar-refractivity contribution in [3.63, 3.8) is 0 Å². The molecule has 0 aliphatic heterocycles. The van der Waals surface area contributed by atoms with Crippen LogP contribution >= 0.6 is 0 Å². The van der Waals surface area contributed by atoms with E-state index in [0.717, 1.165) is 12.8 Å². The molecule has 0 spiro atoms. The Hall–Kier alpha value is -1.55. The Bertz CT molecular complexity index is 531. The van der Waals surface area contributed by atoms with Crippen LogP contribution in [0.1, 0.15) is 50.4 Å². The third kappa shape index (κ3) is 4.05. The highest BCUT2D eigenvalue weighted by Crippen LogP contribution is 2.44. The van der Waals surface area contributed by atoms with Crippen molar-refractivity contribution in [2.45, 2.75) is 46.1 Å². The van der Waals surface area contributed by atoms with Gasteiger partial charge in [-0.1, -0.05) is 39.3 Å². The maximum Gasteiger partial charge on any atom is 0.340 e. The molecule has 0 saturated heterocycles. The van der Waals surface area contributed by atoms with E-state index >= 15 is 0 Å². The van der Waals surface area contributed by atoms with Crippen molar-refractivity contribution in [2.24, 2.45) is 23.7 Å². The van der Waals surface area contributed by atoms with E-state index in [4.69, 9.17) is 10.5 Å². The lowest BCUT2D eigenvalue weighted by atomic mass is 9.63. The van der Waals surface area contributed by atoms with Crippen LogP contribution in [0.4, 0.5) is 5.69 Å². The van der Waals surface area contributed by atoms with Gasteiger partial charge in [0.2, 0.25) is 0 Å². The number of hydrogen-bond acceptors (Lipinski definition) is 4. The zero-order chi connectivity index (χ0) is 17.0. The van der Waals surface area contributed by atoms with Gasteiger partial charge in [-0.15, -0.1) is 0 Å². The Morgan fingerprint density at radius 1 is 1.30 bits per heavy atom. The Kier molecular flexibility index (Phi) is 6.05. The van der Waals surface area contributed by atoms with Gasteiger partial charge < -0.3 is 15.6 Å². The second-order valence-corrected chi connectivity index (χ2v) is 6.94. The summed E-state index contributed by atoms with van der Waals surface area (Å²) >= 11 is 0. The van der Waals surface area contributed by atoms with E-state index in [1.807, 2.05) is 6.92 Å². The van der Waals surface area contributed by atoms with E-state index in [9.17, 15) is 9.90 Å². The van der Waals surface area contributed by atoms with Crippen LogP contribution in [0, 0.1) is 23.7 Å². The fourth-order valence-corrected chi connectivity index (χ4v) is 3.47. The molecule has 1 aromatic carbocycles. The van der Waals surface area contributed by atoms with Crippen molar-refractivity contribution in [1.29, 1.82) is 0 Å². The van der Waals surface area contributed by atoms with Gasteiger partial charge in [0.15, 0.2) is 0 Å². The molecule has 0 heterocycles. The number of esters is 1. The number of nitrogen functional groups attached to an aromatic ring is 1. The average Bonchev–Trinajstić information content (AvgIpc) is 2.51. The summed E-state index contributed by atoms with van der Waals surface area (Å²) in [5.74, 6) is 1.08. The molecule has 5 atom stereocenters. The predicted molar refractivity (Wildman–Crippen MR) is 92.0 cm³/mol. The largest absolute Gasteiger partial charge is 0.462 e. The van der Waals surface area contributed by atoms with Crippen LogP contribution < -0.4 is 5.73 Å². The number of carbonyl (C=O) groups excluding carboxylic acids is 1. The lowest BCUT2D eigenvalue weighted by molar-refractivity contribution is -0.0535. The number of para-hydroxylation sites is 1. The summed E-state index contributed by atoms with van der Waals surface area (Å²) in [6.07, 6.45) is 3.00. The molecule has 4 nitrogen and oxygen atoms in total. The highest BCUT2D eigenvalue weighted by atomic mass is 16.5. The van der Waals surface area contributed by atoms with Gasteiger partial charge in [0.05, 0.1) is 18.3 Å². The van der Waals surface area contributed by atoms with Crippen molar-refractivity contribution in [3.8, 4) is 0 Å². The quantitative estimate of drug-likeness (QED) is 0.596. The molecule has 1 saturated carbocycles. The summed E-state index contributed by atoms with van der Waals surface area (Å²) in [5.41, 5.74) is 6.59. The van der Waals surface area contributed by atoms with Crippen LogP contribution in [0.2, 0.25) is 0 Å². The molecular weight excluding hydrogens is 290 g/mol. The van der Waals surface area contributed by atoms with Crippen molar-refractivity contribution < 1.29 is 14.6 Å². The maximum absolute atomic E-state index is 12.1. The Morgan fingerprint density at radius 2 is 1.96 bits per heavy atom. The van der Waals surface area contributed by atoms with Crippen LogP contribution in [-0.2, 0) is 4.74 Å². The summed E-state index contributed by atoms with van der Waals surface area (Å²) in [6, 6.07) is 6.88. The minimum Gasteiger partial charge on any atom is -0.462 e. The van der Waals surface area contributed by atoms with E-state index in [2.05, 4.69) is 13.8 Å².